The minimum atomic E-state index is -2.28. The SMILES string of the molecule is Cc1cc(C)c2c(Cn3c(=O)n([C@H](O)C(=O)O)c(=O)c4ccccc43)nsc2c1. The van der Waals surface area contributed by atoms with Crippen LogP contribution in [0.4, 0.5) is 0 Å². The third-order valence-corrected chi connectivity index (χ3v) is 5.67. The molecule has 0 bridgehead atoms. The number of aliphatic carboxylic acids is 1. The maximum absolute atomic E-state index is 13.0. The van der Waals surface area contributed by atoms with Gasteiger partial charge in [-0.1, -0.05) is 18.2 Å². The molecule has 29 heavy (non-hydrogen) atoms. The molecular weight excluding hydrogens is 394 g/mol. The predicted molar refractivity (Wildman–Crippen MR) is 110 cm³/mol. The minimum absolute atomic E-state index is 0.0376. The smallest absolute Gasteiger partial charge is 0.354 e. The maximum atomic E-state index is 13.0. The van der Waals surface area contributed by atoms with Gasteiger partial charge in [-0.2, -0.15) is 4.37 Å². The van der Waals surface area contributed by atoms with Crippen molar-refractivity contribution < 1.29 is 15.0 Å². The Balaban J connectivity index is 2.01. The molecule has 1 atom stereocenters. The highest BCUT2D eigenvalue weighted by molar-refractivity contribution is 7.13. The lowest BCUT2D eigenvalue weighted by atomic mass is 10.1. The van der Waals surface area contributed by atoms with E-state index < -0.39 is 23.4 Å². The first kappa shape index (κ1) is 19.0. The molecule has 2 aromatic carbocycles. The molecule has 0 amide bonds. The van der Waals surface area contributed by atoms with E-state index in [1.807, 2.05) is 26.0 Å². The predicted octanol–water partition coefficient (Wildman–Crippen LogP) is 2.01. The summed E-state index contributed by atoms with van der Waals surface area (Å²) < 4.78 is 7.10. The van der Waals surface area contributed by atoms with Crippen LogP contribution in [0.1, 0.15) is 23.0 Å². The lowest BCUT2D eigenvalue weighted by molar-refractivity contribution is -0.152. The van der Waals surface area contributed by atoms with Gasteiger partial charge in [-0.25, -0.2) is 14.2 Å². The van der Waals surface area contributed by atoms with Crippen LogP contribution < -0.4 is 11.2 Å². The molecule has 8 nitrogen and oxygen atoms in total. The van der Waals surface area contributed by atoms with Crippen molar-refractivity contribution in [2.24, 2.45) is 0 Å². The second-order valence-electron chi connectivity index (χ2n) is 6.86. The Bertz CT molecular complexity index is 1400. The largest absolute Gasteiger partial charge is 0.478 e. The Hall–Kier alpha value is -3.30. The molecule has 0 aliphatic carbocycles. The van der Waals surface area contributed by atoms with E-state index in [1.165, 1.54) is 22.2 Å². The van der Waals surface area contributed by atoms with Gasteiger partial charge in [0.25, 0.3) is 5.56 Å². The van der Waals surface area contributed by atoms with Crippen LogP contribution >= 0.6 is 11.5 Å². The average Bonchev–Trinajstić information content (AvgIpc) is 3.07. The van der Waals surface area contributed by atoms with Crippen molar-refractivity contribution in [3.05, 3.63) is 74.1 Å². The molecule has 0 unspecified atom stereocenters. The van der Waals surface area contributed by atoms with E-state index in [0.717, 1.165) is 21.2 Å². The van der Waals surface area contributed by atoms with Crippen molar-refractivity contribution in [3.8, 4) is 0 Å². The minimum Gasteiger partial charge on any atom is -0.478 e. The number of para-hydroxylation sites is 1. The Morgan fingerprint density at radius 2 is 1.93 bits per heavy atom. The molecule has 148 valence electrons. The summed E-state index contributed by atoms with van der Waals surface area (Å²) in [5, 5.41) is 20.2. The number of nitrogens with zero attached hydrogens (tertiary/aromatic N) is 3. The summed E-state index contributed by atoms with van der Waals surface area (Å²) in [7, 11) is 0. The number of benzene rings is 2. The van der Waals surface area contributed by atoms with Crippen molar-refractivity contribution in [1.82, 2.24) is 13.5 Å². The first-order valence-corrected chi connectivity index (χ1v) is 9.57. The molecule has 0 aliphatic rings. The van der Waals surface area contributed by atoms with E-state index in [1.54, 1.807) is 18.2 Å². The zero-order valence-electron chi connectivity index (χ0n) is 15.6. The van der Waals surface area contributed by atoms with Crippen LogP contribution in [0.3, 0.4) is 0 Å². The van der Waals surface area contributed by atoms with Gasteiger partial charge in [-0.15, -0.1) is 0 Å². The van der Waals surface area contributed by atoms with Gasteiger partial charge in [0, 0.05) is 5.39 Å². The second-order valence-corrected chi connectivity index (χ2v) is 7.66. The lowest BCUT2D eigenvalue weighted by Gasteiger charge is -2.15. The van der Waals surface area contributed by atoms with Crippen molar-refractivity contribution >= 4 is 38.5 Å². The Morgan fingerprint density at radius 1 is 1.21 bits per heavy atom. The maximum Gasteiger partial charge on any atom is 0.354 e. The molecule has 9 heteroatoms. The Morgan fingerprint density at radius 3 is 2.66 bits per heavy atom. The molecule has 2 N–H and O–H groups in total. The number of aromatic nitrogens is 3. The van der Waals surface area contributed by atoms with Gasteiger partial charge in [0.2, 0.25) is 6.23 Å². The summed E-state index contributed by atoms with van der Waals surface area (Å²) in [6.07, 6.45) is -2.28. The van der Waals surface area contributed by atoms with Crippen LogP contribution in [0, 0.1) is 13.8 Å². The summed E-state index contributed by atoms with van der Waals surface area (Å²) in [4.78, 5) is 36.9. The monoisotopic (exact) mass is 411 g/mol. The van der Waals surface area contributed by atoms with Gasteiger partial charge < -0.3 is 10.2 Å². The standard InChI is InChI=1S/C20H17N3O5S/c1-10-7-11(2)16-13(21-29-15(16)8-10)9-22-14-6-4-3-5-12(14)17(24)23(20(22)28)18(25)19(26)27/h3-8,18,25H,9H2,1-2H3,(H,26,27)/t18-/m1/s1. The highest BCUT2D eigenvalue weighted by Crippen LogP contribution is 2.28. The van der Waals surface area contributed by atoms with Crippen molar-refractivity contribution in [2.45, 2.75) is 26.6 Å². The molecule has 0 saturated heterocycles. The van der Waals surface area contributed by atoms with Crippen molar-refractivity contribution in [3.63, 3.8) is 0 Å². The first-order valence-electron chi connectivity index (χ1n) is 8.80. The number of fused-ring (bicyclic) bond motifs is 2. The fourth-order valence-electron chi connectivity index (χ4n) is 3.60. The van der Waals surface area contributed by atoms with Gasteiger partial charge >= 0.3 is 11.7 Å². The Kier molecular flexibility index (Phi) is 4.56. The highest BCUT2D eigenvalue weighted by Gasteiger charge is 2.24. The highest BCUT2D eigenvalue weighted by atomic mass is 32.1. The number of aliphatic hydroxyl groups is 1. The summed E-state index contributed by atoms with van der Waals surface area (Å²) in [5.41, 5.74) is 1.35. The molecule has 2 aromatic heterocycles. The topological polar surface area (TPSA) is 114 Å². The fourth-order valence-corrected chi connectivity index (χ4v) is 4.56. The average molecular weight is 411 g/mol. The van der Waals surface area contributed by atoms with E-state index in [9.17, 15) is 19.5 Å². The summed E-state index contributed by atoms with van der Waals surface area (Å²) in [6.45, 7) is 3.99. The van der Waals surface area contributed by atoms with Crippen LogP contribution in [0.25, 0.3) is 21.0 Å². The second kappa shape index (κ2) is 6.94. The van der Waals surface area contributed by atoms with Gasteiger partial charge in [0.05, 0.1) is 27.8 Å². The summed E-state index contributed by atoms with van der Waals surface area (Å²) in [5.74, 6) is -1.68. The number of carboxylic acid groups (broad SMARTS) is 1. The third-order valence-electron chi connectivity index (χ3n) is 4.84. The fraction of sp³-hybridized carbons (Fsp3) is 0.200. The molecule has 0 spiro atoms. The van der Waals surface area contributed by atoms with Crippen LogP contribution in [0.5, 0.6) is 0 Å². The van der Waals surface area contributed by atoms with Gasteiger partial charge in [0.1, 0.15) is 0 Å². The third kappa shape index (κ3) is 3.04. The Labute approximate surface area is 168 Å². The van der Waals surface area contributed by atoms with Gasteiger partial charge in [-0.05, 0) is 54.7 Å². The number of hydrogen-bond donors (Lipinski definition) is 2. The zero-order chi connectivity index (χ0) is 20.9. The van der Waals surface area contributed by atoms with Gasteiger partial charge in [-0.3, -0.25) is 9.36 Å². The molecule has 2 heterocycles. The van der Waals surface area contributed by atoms with Crippen LogP contribution in [-0.2, 0) is 11.3 Å². The van der Waals surface area contributed by atoms with Crippen LogP contribution in [0.2, 0.25) is 0 Å². The number of aliphatic hydroxyl groups excluding tert-OH is 1. The van der Waals surface area contributed by atoms with E-state index in [-0.39, 0.29) is 11.9 Å². The molecule has 4 aromatic rings. The molecule has 0 aliphatic heterocycles. The molecule has 0 fully saturated rings. The first-order chi connectivity index (χ1) is 13.8. The number of rotatable bonds is 4. The van der Waals surface area contributed by atoms with Gasteiger partial charge in [0.15, 0.2) is 0 Å². The summed E-state index contributed by atoms with van der Waals surface area (Å²) in [6, 6.07) is 10.4. The van der Waals surface area contributed by atoms with Crippen molar-refractivity contribution in [1.29, 1.82) is 0 Å². The van der Waals surface area contributed by atoms with E-state index >= 15 is 0 Å². The van der Waals surface area contributed by atoms with E-state index in [0.29, 0.717) is 15.8 Å². The van der Waals surface area contributed by atoms with Crippen LogP contribution in [-0.4, -0.2) is 29.7 Å². The van der Waals surface area contributed by atoms with E-state index in [4.69, 9.17) is 5.11 Å². The molecule has 4 rings (SSSR count). The quantitative estimate of drug-likeness (QED) is 0.531. The van der Waals surface area contributed by atoms with E-state index in [2.05, 4.69) is 4.37 Å². The molecule has 0 radical (unpaired) electrons. The zero-order valence-corrected chi connectivity index (χ0v) is 16.4. The number of carbonyl (C=O) groups is 1. The lowest BCUT2D eigenvalue weighted by Crippen LogP contribution is -2.44. The molecule has 0 saturated carbocycles. The normalized spacial score (nSPS) is 12.5. The van der Waals surface area contributed by atoms with Crippen LogP contribution in [0.15, 0.2) is 46.0 Å². The van der Waals surface area contributed by atoms with Crippen molar-refractivity contribution in [2.75, 3.05) is 0 Å². The summed E-state index contributed by atoms with van der Waals surface area (Å²) >= 11 is 1.31. The number of aryl methyl sites for hydroxylation is 2. The number of carboxylic acids is 1. The number of hydrogen-bond acceptors (Lipinski definition) is 6. The molecular formula is C20H17N3O5S.